The molecule has 0 unspecified atom stereocenters. The molecule has 2 aliphatic rings. The number of benzene rings is 2. The van der Waals surface area contributed by atoms with Crippen LogP contribution in [0.4, 0.5) is 5.69 Å². The monoisotopic (exact) mass is 412 g/mol. The number of fused-ring (bicyclic) bond motifs is 1. The van der Waals surface area contributed by atoms with Gasteiger partial charge in [0.25, 0.3) is 17.7 Å². The molecule has 2 heterocycles. The van der Waals surface area contributed by atoms with Gasteiger partial charge in [0.15, 0.2) is 0 Å². The van der Waals surface area contributed by atoms with Crippen molar-refractivity contribution >= 4 is 34.2 Å². The van der Waals surface area contributed by atoms with Gasteiger partial charge >= 0.3 is 0 Å². The van der Waals surface area contributed by atoms with E-state index in [1.54, 1.807) is 35.2 Å². The second kappa shape index (κ2) is 7.79. The Labute approximate surface area is 170 Å². The number of hydrogen-bond acceptors (Lipinski definition) is 5. The Morgan fingerprint density at radius 2 is 1.66 bits per heavy atom. The summed E-state index contributed by atoms with van der Waals surface area (Å²) >= 11 is 0. The van der Waals surface area contributed by atoms with Gasteiger partial charge < -0.3 is 9.64 Å². The molecule has 3 amide bonds. The van der Waals surface area contributed by atoms with Crippen LogP contribution in [0, 0.1) is 0 Å². The van der Waals surface area contributed by atoms with E-state index in [9.17, 15) is 18.6 Å². The molecule has 1 saturated heterocycles. The fraction of sp³-hybridized carbons (Fsp3) is 0.286. The van der Waals surface area contributed by atoms with Crippen molar-refractivity contribution in [3.05, 3.63) is 59.2 Å². The standard InChI is InChI=1S/C21H20N2O5S/c1-2-28-16-6-4-15(5-7-16)23-20(25)17-8-3-14(13-18(17)21(23)26)19(24)22-9-11-29(27)12-10-22/h3-8,13H,2,9-12H2,1H3. The second-order valence-corrected chi connectivity index (χ2v) is 8.47. The lowest BCUT2D eigenvalue weighted by molar-refractivity contribution is 0.0770. The lowest BCUT2D eigenvalue weighted by Crippen LogP contribution is -2.41. The summed E-state index contributed by atoms with van der Waals surface area (Å²) < 4.78 is 16.9. The third-order valence-electron chi connectivity index (χ3n) is 5.00. The molecule has 0 saturated carbocycles. The van der Waals surface area contributed by atoms with Crippen molar-refractivity contribution in [1.29, 1.82) is 0 Å². The molecule has 1 fully saturated rings. The molecule has 0 bridgehead atoms. The molecule has 8 heteroatoms. The highest BCUT2D eigenvalue weighted by atomic mass is 32.2. The zero-order chi connectivity index (χ0) is 20.5. The number of carbonyl (C=O) groups is 3. The minimum absolute atomic E-state index is 0.218. The van der Waals surface area contributed by atoms with E-state index in [1.807, 2.05) is 6.92 Å². The van der Waals surface area contributed by atoms with Gasteiger partial charge in [-0.05, 0) is 49.4 Å². The van der Waals surface area contributed by atoms with Crippen LogP contribution in [0.15, 0.2) is 42.5 Å². The van der Waals surface area contributed by atoms with Crippen LogP contribution in [0.3, 0.4) is 0 Å². The van der Waals surface area contributed by atoms with Gasteiger partial charge in [-0.15, -0.1) is 0 Å². The average Bonchev–Trinajstić information content (AvgIpc) is 2.99. The molecule has 0 spiro atoms. The largest absolute Gasteiger partial charge is 0.494 e. The van der Waals surface area contributed by atoms with Crippen LogP contribution in [-0.4, -0.2) is 58.0 Å². The zero-order valence-electron chi connectivity index (χ0n) is 15.9. The van der Waals surface area contributed by atoms with Crippen LogP contribution in [0.1, 0.15) is 38.0 Å². The third kappa shape index (κ3) is 3.55. The summed E-state index contributed by atoms with van der Waals surface area (Å²) in [5, 5.41) is 0. The Kier molecular flexibility index (Phi) is 5.19. The molecular weight excluding hydrogens is 392 g/mol. The lowest BCUT2D eigenvalue weighted by atomic mass is 10.0. The van der Waals surface area contributed by atoms with Crippen molar-refractivity contribution in [3.8, 4) is 5.75 Å². The Balaban J connectivity index is 1.59. The van der Waals surface area contributed by atoms with Gasteiger partial charge in [-0.1, -0.05) is 0 Å². The number of anilines is 1. The van der Waals surface area contributed by atoms with Crippen LogP contribution in [0.5, 0.6) is 5.75 Å². The van der Waals surface area contributed by atoms with Crippen molar-refractivity contribution in [2.24, 2.45) is 0 Å². The first-order valence-corrected chi connectivity index (χ1v) is 10.9. The summed E-state index contributed by atoms with van der Waals surface area (Å²) in [4.78, 5) is 41.2. The number of imide groups is 1. The van der Waals surface area contributed by atoms with Gasteiger partial charge in [-0.2, -0.15) is 0 Å². The summed E-state index contributed by atoms with van der Waals surface area (Å²) in [6, 6.07) is 11.3. The van der Waals surface area contributed by atoms with Crippen LogP contribution in [-0.2, 0) is 10.8 Å². The number of rotatable bonds is 4. The molecule has 0 N–H and O–H groups in total. The molecule has 0 aliphatic carbocycles. The Bertz CT molecular complexity index is 1010. The second-order valence-electron chi connectivity index (χ2n) is 6.77. The maximum absolute atomic E-state index is 12.9. The maximum Gasteiger partial charge on any atom is 0.266 e. The Morgan fingerprint density at radius 3 is 2.31 bits per heavy atom. The van der Waals surface area contributed by atoms with E-state index in [0.717, 1.165) is 4.90 Å². The molecule has 4 rings (SSSR count). The fourth-order valence-corrected chi connectivity index (χ4v) is 4.54. The molecule has 0 aromatic heterocycles. The number of ether oxygens (including phenoxy) is 1. The minimum Gasteiger partial charge on any atom is -0.494 e. The lowest BCUT2D eigenvalue weighted by Gasteiger charge is -2.26. The van der Waals surface area contributed by atoms with Crippen LogP contribution < -0.4 is 9.64 Å². The summed E-state index contributed by atoms with van der Waals surface area (Å²) in [5.74, 6) is 0.483. The molecule has 0 atom stereocenters. The number of hydrogen-bond donors (Lipinski definition) is 0. The van der Waals surface area contributed by atoms with Gasteiger partial charge in [0.2, 0.25) is 0 Å². The molecule has 7 nitrogen and oxygen atoms in total. The predicted molar refractivity (Wildman–Crippen MR) is 109 cm³/mol. The molecular formula is C21H20N2O5S. The van der Waals surface area contributed by atoms with E-state index in [2.05, 4.69) is 0 Å². The van der Waals surface area contributed by atoms with Crippen molar-refractivity contribution in [2.45, 2.75) is 6.92 Å². The first-order valence-electron chi connectivity index (χ1n) is 9.39. The molecule has 2 aromatic rings. The fourth-order valence-electron chi connectivity index (χ4n) is 3.49. The SMILES string of the molecule is CCOc1ccc(N2C(=O)c3ccc(C(=O)N4CCS(=O)CC4)cc3C2=O)cc1. The molecule has 150 valence electrons. The number of carbonyl (C=O) groups excluding carboxylic acids is 3. The first kappa shape index (κ1) is 19.3. The topological polar surface area (TPSA) is 84.0 Å². The quantitative estimate of drug-likeness (QED) is 0.718. The van der Waals surface area contributed by atoms with Gasteiger partial charge in [0, 0.05) is 41.0 Å². The van der Waals surface area contributed by atoms with Crippen molar-refractivity contribution in [3.63, 3.8) is 0 Å². The molecule has 29 heavy (non-hydrogen) atoms. The first-order chi connectivity index (χ1) is 14.0. The van der Waals surface area contributed by atoms with Crippen molar-refractivity contribution < 1.29 is 23.3 Å². The van der Waals surface area contributed by atoms with Crippen LogP contribution >= 0.6 is 0 Å². The highest BCUT2D eigenvalue weighted by molar-refractivity contribution is 7.85. The van der Waals surface area contributed by atoms with E-state index < -0.39 is 22.6 Å². The van der Waals surface area contributed by atoms with E-state index in [1.165, 1.54) is 12.1 Å². The summed E-state index contributed by atoms with van der Waals surface area (Å²) in [7, 11) is -0.881. The normalized spacial score (nSPS) is 16.9. The number of amides is 3. The van der Waals surface area contributed by atoms with Crippen molar-refractivity contribution in [2.75, 3.05) is 36.1 Å². The van der Waals surface area contributed by atoms with E-state index in [4.69, 9.17) is 4.74 Å². The van der Waals surface area contributed by atoms with Crippen molar-refractivity contribution in [1.82, 2.24) is 4.90 Å². The highest BCUT2D eigenvalue weighted by Crippen LogP contribution is 2.30. The van der Waals surface area contributed by atoms with E-state index in [-0.39, 0.29) is 17.0 Å². The van der Waals surface area contributed by atoms with E-state index >= 15 is 0 Å². The van der Waals surface area contributed by atoms with Gasteiger partial charge in [-0.25, -0.2) is 4.90 Å². The van der Waals surface area contributed by atoms with Gasteiger partial charge in [-0.3, -0.25) is 18.6 Å². The third-order valence-corrected chi connectivity index (χ3v) is 6.28. The van der Waals surface area contributed by atoms with E-state index in [0.29, 0.717) is 48.2 Å². The molecule has 2 aliphatic heterocycles. The summed E-state index contributed by atoms with van der Waals surface area (Å²) in [6.07, 6.45) is 0. The Hall–Kier alpha value is -3.00. The predicted octanol–water partition coefficient (Wildman–Crippen LogP) is 2.09. The summed E-state index contributed by atoms with van der Waals surface area (Å²) in [5.41, 5.74) is 1.30. The van der Waals surface area contributed by atoms with Gasteiger partial charge in [0.1, 0.15) is 5.75 Å². The Morgan fingerprint density at radius 1 is 1.00 bits per heavy atom. The number of nitrogens with zero attached hydrogens (tertiary/aromatic N) is 2. The zero-order valence-corrected chi connectivity index (χ0v) is 16.7. The maximum atomic E-state index is 12.9. The van der Waals surface area contributed by atoms with Gasteiger partial charge in [0.05, 0.1) is 23.4 Å². The molecule has 0 radical (unpaired) electrons. The smallest absolute Gasteiger partial charge is 0.266 e. The summed E-state index contributed by atoms with van der Waals surface area (Å²) in [6.45, 7) is 3.25. The minimum atomic E-state index is -0.881. The van der Waals surface area contributed by atoms with Crippen LogP contribution in [0.2, 0.25) is 0 Å². The molecule has 2 aromatic carbocycles. The highest BCUT2D eigenvalue weighted by Gasteiger charge is 2.37. The van der Waals surface area contributed by atoms with Crippen LogP contribution in [0.25, 0.3) is 0 Å². The average molecular weight is 412 g/mol.